The molecule has 1 atom stereocenters. The molecule has 0 heterocycles. The smallest absolute Gasteiger partial charge is 0.0810 e. The van der Waals surface area contributed by atoms with Gasteiger partial charge >= 0.3 is 0 Å². The Kier molecular flexibility index (Phi) is 13.7. The highest BCUT2D eigenvalue weighted by Gasteiger charge is 2.09. The van der Waals surface area contributed by atoms with Crippen molar-refractivity contribution >= 4 is 0 Å². The molecule has 5 nitrogen and oxygen atoms in total. The van der Waals surface area contributed by atoms with E-state index >= 15 is 0 Å². The summed E-state index contributed by atoms with van der Waals surface area (Å²) in [7, 11) is 5.03. The molecule has 0 N–H and O–H groups in total. The molecule has 0 radical (unpaired) electrons. The lowest BCUT2D eigenvalue weighted by Crippen LogP contribution is -2.23. The van der Waals surface area contributed by atoms with E-state index in [4.69, 9.17) is 23.7 Å². The van der Waals surface area contributed by atoms with E-state index in [2.05, 4.69) is 0 Å². The fraction of sp³-hybridized carbons (Fsp3) is 1.00. The fourth-order valence-corrected chi connectivity index (χ4v) is 1.33. The minimum Gasteiger partial charge on any atom is -0.385 e. The lowest BCUT2D eigenvalue weighted by atomic mass is 10.2. The van der Waals surface area contributed by atoms with Crippen LogP contribution < -0.4 is 0 Å². The van der Waals surface area contributed by atoms with Gasteiger partial charge in [0, 0.05) is 27.9 Å². The number of hydrogen-bond donors (Lipinski definition) is 0. The van der Waals surface area contributed by atoms with E-state index in [-0.39, 0.29) is 6.10 Å². The predicted molar refractivity (Wildman–Crippen MR) is 65.4 cm³/mol. The van der Waals surface area contributed by atoms with Crippen LogP contribution in [0.1, 0.15) is 12.8 Å². The number of methoxy groups -OCH3 is 3. The molecule has 0 saturated carbocycles. The molecule has 0 fully saturated rings. The second-order valence-electron chi connectivity index (χ2n) is 3.69. The maximum atomic E-state index is 5.66. The van der Waals surface area contributed by atoms with Gasteiger partial charge in [-0.05, 0) is 12.8 Å². The Labute approximate surface area is 104 Å². The van der Waals surface area contributed by atoms with Gasteiger partial charge in [0.15, 0.2) is 0 Å². The van der Waals surface area contributed by atoms with Crippen LogP contribution in [-0.4, -0.2) is 67.1 Å². The monoisotopic (exact) mass is 250 g/mol. The van der Waals surface area contributed by atoms with Crippen molar-refractivity contribution in [2.24, 2.45) is 0 Å². The zero-order chi connectivity index (χ0) is 12.8. The lowest BCUT2D eigenvalue weighted by Gasteiger charge is -2.17. The van der Waals surface area contributed by atoms with Gasteiger partial charge in [-0.3, -0.25) is 0 Å². The molecule has 17 heavy (non-hydrogen) atoms. The zero-order valence-electron chi connectivity index (χ0n) is 11.3. The van der Waals surface area contributed by atoms with Gasteiger partial charge in [0.05, 0.1) is 39.1 Å². The van der Waals surface area contributed by atoms with Gasteiger partial charge in [-0.2, -0.15) is 0 Å². The van der Waals surface area contributed by atoms with Crippen molar-refractivity contribution in [3.63, 3.8) is 0 Å². The molecule has 0 aliphatic rings. The molecule has 0 saturated heterocycles. The van der Waals surface area contributed by atoms with Gasteiger partial charge in [-0.25, -0.2) is 0 Å². The fourth-order valence-electron chi connectivity index (χ4n) is 1.33. The van der Waals surface area contributed by atoms with Gasteiger partial charge in [0.25, 0.3) is 0 Å². The van der Waals surface area contributed by atoms with E-state index in [1.807, 2.05) is 0 Å². The summed E-state index contributed by atoms with van der Waals surface area (Å²) in [6.07, 6.45) is 2.02. The largest absolute Gasteiger partial charge is 0.385 e. The molecule has 0 aliphatic carbocycles. The third-order valence-corrected chi connectivity index (χ3v) is 2.25. The first-order chi connectivity index (χ1) is 8.35. The molecule has 0 aromatic rings. The Bertz CT molecular complexity index is 133. The van der Waals surface area contributed by atoms with Crippen LogP contribution in [-0.2, 0) is 23.7 Å². The van der Waals surface area contributed by atoms with Crippen LogP contribution in [0, 0.1) is 0 Å². The van der Waals surface area contributed by atoms with Crippen LogP contribution >= 0.6 is 0 Å². The molecule has 0 bridgehead atoms. The third kappa shape index (κ3) is 12.1. The van der Waals surface area contributed by atoms with Gasteiger partial charge in [0.2, 0.25) is 0 Å². The summed E-state index contributed by atoms with van der Waals surface area (Å²) in [5.74, 6) is 0. The van der Waals surface area contributed by atoms with E-state index in [0.717, 1.165) is 19.4 Å². The first kappa shape index (κ1) is 16.8. The summed E-state index contributed by atoms with van der Waals surface area (Å²) in [6, 6.07) is 0. The number of rotatable bonds is 13. The molecular formula is C12H26O5. The molecule has 0 aliphatic heterocycles. The molecule has 1 unspecified atom stereocenters. The second-order valence-corrected chi connectivity index (χ2v) is 3.69. The molecule has 0 amide bonds. The Hall–Kier alpha value is -0.200. The highest BCUT2D eigenvalue weighted by atomic mass is 16.6. The van der Waals surface area contributed by atoms with Gasteiger partial charge in [0.1, 0.15) is 0 Å². The van der Waals surface area contributed by atoms with E-state index < -0.39 is 0 Å². The summed E-state index contributed by atoms with van der Waals surface area (Å²) < 4.78 is 26.0. The minimum absolute atomic E-state index is 0.108. The summed E-state index contributed by atoms with van der Waals surface area (Å²) >= 11 is 0. The SMILES string of the molecule is COCCCC(COCCOC)OCCOC. The standard InChI is InChI=1S/C12H26O5/c1-13-6-4-5-12(17-10-8-15-3)11-16-9-7-14-2/h12H,4-11H2,1-3H3. The van der Waals surface area contributed by atoms with Crippen LogP contribution in [0.3, 0.4) is 0 Å². The Morgan fingerprint density at radius 2 is 1.41 bits per heavy atom. The van der Waals surface area contributed by atoms with Crippen LogP contribution in [0.15, 0.2) is 0 Å². The third-order valence-electron chi connectivity index (χ3n) is 2.25. The summed E-state index contributed by atoms with van der Waals surface area (Å²) in [6.45, 7) is 3.77. The van der Waals surface area contributed by atoms with E-state index in [9.17, 15) is 0 Å². The van der Waals surface area contributed by atoms with Crippen LogP contribution in [0.2, 0.25) is 0 Å². The Morgan fingerprint density at radius 3 is 2.06 bits per heavy atom. The van der Waals surface area contributed by atoms with Crippen LogP contribution in [0.5, 0.6) is 0 Å². The van der Waals surface area contributed by atoms with E-state index in [1.165, 1.54) is 0 Å². The first-order valence-electron chi connectivity index (χ1n) is 6.01. The van der Waals surface area contributed by atoms with E-state index in [0.29, 0.717) is 33.0 Å². The Balaban J connectivity index is 3.60. The summed E-state index contributed by atoms with van der Waals surface area (Å²) in [5, 5.41) is 0. The predicted octanol–water partition coefficient (Wildman–Crippen LogP) is 1.11. The lowest BCUT2D eigenvalue weighted by molar-refractivity contribution is -0.0455. The van der Waals surface area contributed by atoms with Crippen molar-refractivity contribution in [1.82, 2.24) is 0 Å². The molecular weight excluding hydrogens is 224 g/mol. The second kappa shape index (κ2) is 13.9. The molecule has 0 aromatic heterocycles. The average molecular weight is 250 g/mol. The molecule has 104 valence electrons. The first-order valence-corrected chi connectivity index (χ1v) is 6.01. The zero-order valence-corrected chi connectivity index (χ0v) is 11.3. The molecule has 5 heteroatoms. The summed E-state index contributed by atoms with van der Waals surface area (Å²) in [5.41, 5.74) is 0. The maximum absolute atomic E-state index is 5.66. The van der Waals surface area contributed by atoms with E-state index in [1.54, 1.807) is 21.3 Å². The van der Waals surface area contributed by atoms with Crippen LogP contribution in [0.25, 0.3) is 0 Å². The van der Waals surface area contributed by atoms with Crippen molar-refractivity contribution < 1.29 is 23.7 Å². The van der Waals surface area contributed by atoms with Gasteiger partial charge in [-0.15, -0.1) is 0 Å². The number of hydrogen-bond acceptors (Lipinski definition) is 5. The van der Waals surface area contributed by atoms with Crippen molar-refractivity contribution in [2.45, 2.75) is 18.9 Å². The minimum atomic E-state index is 0.108. The summed E-state index contributed by atoms with van der Waals surface area (Å²) in [4.78, 5) is 0. The normalized spacial score (nSPS) is 12.9. The molecule has 0 spiro atoms. The van der Waals surface area contributed by atoms with Crippen LogP contribution in [0.4, 0.5) is 0 Å². The number of ether oxygens (including phenoxy) is 5. The highest BCUT2D eigenvalue weighted by molar-refractivity contribution is 4.57. The van der Waals surface area contributed by atoms with Crippen molar-refractivity contribution in [1.29, 1.82) is 0 Å². The van der Waals surface area contributed by atoms with Gasteiger partial charge < -0.3 is 23.7 Å². The molecule has 0 rings (SSSR count). The van der Waals surface area contributed by atoms with Gasteiger partial charge in [-0.1, -0.05) is 0 Å². The average Bonchev–Trinajstić information content (AvgIpc) is 2.34. The van der Waals surface area contributed by atoms with Crippen molar-refractivity contribution in [3.05, 3.63) is 0 Å². The maximum Gasteiger partial charge on any atom is 0.0810 e. The quantitative estimate of drug-likeness (QED) is 0.458. The van der Waals surface area contributed by atoms with Crippen molar-refractivity contribution in [2.75, 3.05) is 61.0 Å². The highest BCUT2D eigenvalue weighted by Crippen LogP contribution is 2.04. The van der Waals surface area contributed by atoms with Crippen molar-refractivity contribution in [3.8, 4) is 0 Å². The topological polar surface area (TPSA) is 46.2 Å². The molecule has 0 aromatic carbocycles. The Morgan fingerprint density at radius 1 is 0.765 bits per heavy atom.